The minimum Gasteiger partial charge on any atom is -0.439 e. The monoisotopic (exact) mass is 256 g/mol. The zero-order valence-electron chi connectivity index (χ0n) is 9.61. The molecule has 94 valence electrons. The van der Waals surface area contributed by atoms with Crippen molar-refractivity contribution in [2.75, 3.05) is 0 Å². The fourth-order valence-electron chi connectivity index (χ4n) is 1.65. The number of H-pyrrole nitrogens is 1. The molecular weight excluding hydrogens is 248 g/mol. The summed E-state index contributed by atoms with van der Waals surface area (Å²) in [6.45, 7) is 0. The number of hydrogen-bond donors (Lipinski definition) is 1. The molecular formula is C12H8N4O3. The maximum atomic E-state index is 10.5. The quantitative estimate of drug-likeness (QED) is 0.574. The third kappa shape index (κ3) is 2.21. The predicted octanol–water partition coefficient (Wildman–Crippen LogP) is 2.66. The number of fused-ring (bicyclic) bond motifs is 1. The molecule has 0 saturated carbocycles. The van der Waals surface area contributed by atoms with E-state index in [4.69, 9.17) is 4.74 Å². The van der Waals surface area contributed by atoms with E-state index in [1.54, 1.807) is 12.3 Å². The molecule has 0 saturated heterocycles. The van der Waals surface area contributed by atoms with Crippen molar-refractivity contribution in [1.29, 1.82) is 0 Å². The van der Waals surface area contributed by atoms with Crippen molar-refractivity contribution in [2.24, 2.45) is 0 Å². The smallest absolute Gasteiger partial charge is 0.287 e. The van der Waals surface area contributed by atoms with Gasteiger partial charge < -0.3 is 4.74 Å². The van der Waals surface area contributed by atoms with Gasteiger partial charge in [0, 0.05) is 17.5 Å². The summed E-state index contributed by atoms with van der Waals surface area (Å²) in [6.07, 6.45) is 2.84. The molecule has 0 radical (unpaired) electrons. The second-order valence-corrected chi connectivity index (χ2v) is 3.83. The third-order valence-electron chi connectivity index (χ3n) is 2.57. The van der Waals surface area contributed by atoms with Gasteiger partial charge in [-0.2, -0.15) is 5.10 Å². The van der Waals surface area contributed by atoms with Crippen molar-refractivity contribution in [2.45, 2.75) is 0 Å². The fourth-order valence-corrected chi connectivity index (χ4v) is 1.65. The van der Waals surface area contributed by atoms with E-state index in [1.807, 2.05) is 12.1 Å². The summed E-state index contributed by atoms with van der Waals surface area (Å²) >= 11 is 0. The van der Waals surface area contributed by atoms with Crippen molar-refractivity contribution in [3.05, 3.63) is 52.8 Å². The summed E-state index contributed by atoms with van der Waals surface area (Å²) in [5.74, 6) is 0.892. The van der Waals surface area contributed by atoms with Gasteiger partial charge in [-0.15, -0.1) is 0 Å². The van der Waals surface area contributed by atoms with Gasteiger partial charge in [0.1, 0.15) is 11.9 Å². The minimum absolute atomic E-state index is 0.0716. The van der Waals surface area contributed by atoms with Crippen LogP contribution >= 0.6 is 0 Å². The molecule has 19 heavy (non-hydrogen) atoms. The number of nitro groups is 1. The number of hydrogen-bond acceptors (Lipinski definition) is 5. The van der Waals surface area contributed by atoms with Crippen LogP contribution in [0.25, 0.3) is 10.9 Å². The van der Waals surface area contributed by atoms with Crippen LogP contribution in [0.15, 0.2) is 42.7 Å². The molecule has 0 unspecified atom stereocenters. The van der Waals surface area contributed by atoms with E-state index in [1.165, 1.54) is 12.1 Å². The molecule has 7 heteroatoms. The van der Waals surface area contributed by atoms with Crippen LogP contribution in [0.3, 0.4) is 0 Å². The van der Waals surface area contributed by atoms with Gasteiger partial charge >= 0.3 is 0 Å². The number of aromatic amines is 1. The molecule has 2 aromatic heterocycles. The molecule has 1 aromatic carbocycles. The average molecular weight is 256 g/mol. The van der Waals surface area contributed by atoms with Crippen LogP contribution in [-0.2, 0) is 0 Å². The molecule has 0 aliphatic carbocycles. The highest BCUT2D eigenvalue weighted by Gasteiger charge is 2.07. The van der Waals surface area contributed by atoms with Gasteiger partial charge in [-0.3, -0.25) is 15.2 Å². The normalized spacial score (nSPS) is 10.5. The lowest BCUT2D eigenvalue weighted by atomic mass is 10.2. The summed E-state index contributed by atoms with van der Waals surface area (Å²) in [6, 6.07) is 8.21. The van der Waals surface area contributed by atoms with Crippen molar-refractivity contribution < 1.29 is 9.66 Å². The van der Waals surface area contributed by atoms with Gasteiger partial charge in [-0.1, -0.05) is 0 Å². The molecule has 3 aromatic rings. The van der Waals surface area contributed by atoms with E-state index in [0.29, 0.717) is 11.6 Å². The van der Waals surface area contributed by atoms with Crippen molar-refractivity contribution in [3.8, 4) is 11.6 Å². The fraction of sp³-hybridized carbons (Fsp3) is 0. The van der Waals surface area contributed by atoms with E-state index in [-0.39, 0.29) is 5.69 Å². The molecule has 0 aliphatic rings. The Morgan fingerprint density at radius 1 is 1.21 bits per heavy atom. The van der Waals surface area contributed by atoms with E-state index in [0.717, 1.165) is 17.1 Å². The lowest BCUT2D eigenvalue weighted by Gasteiger charge is -2.03. The summed E-state index contributed by atoms with van der Waals surface area (Å²) in [7, 11) is 0. The molecule has 0 spiro atoms. The first-order chi connectivity index (χ1) is 9.22. The standard InChI is InChI=1S/C12H8N4O3/c17-16(18)9-1-4-12(13-7-9)19-10-2-3-11-8(5-10)6-14-15-11/h1-7H,(H,14,15). The molecule has 0 aliphatic heterocycles. The molecule has 0 atom stereocenters. The Morgan fingerprint density at radius 2 is 2.11 bits per heavy atom. The predicted molar refractivity (Wildman–Crippen MR) is 67.1 cm³/mol. The largest absolute Gasteiger partial charge is 0.439 e. The maximum Gasteiger partial charge on any atom is 0.287 e. The van der Waals surface area contributed by atoms with Crippen molar-refractivity contribution in [3.63, 3.8) is 0 Å². The maximum absolute atomic E-state index is 10.5. The zero-order chi connectivity index (χ0) is 13.2. The van der Waals surface area contributed by atoms with Crippen molar-refractivity contribution >= 4 is 16.6 Å². The number of aromatic nitrogens is 3. The van der Waals surface area contributed by atoms with Gasteiger partial charge in [-0.05, 0) is 18.2 Å². The summed E-state index contributed by atoms with van der Waals surface area (Å²) in [5, 5.41) is 18.2. The van der Waals surface area contributed by atoms with Crippen molar-refractivity contribution in [1.82, 2.24) is 15.2 Å². The zero-order valence-corrected chi connectivity index (χ0v) is 9.61. The molecule has 0 amide bonds. The highest BCUT2D eigenvalue weighted by Crippen LogP contribution is 2.24. The van der Waals surface area contributed by atoms with Crippen LogP contribution in [-0.4, -0.2) is 20.1 Å². The van der Waals surface area contributed by atoms with Crippen LogP contribution < -0.4 is 4.74 Å². The summed E-state index contributed by atoms with van der Waals surface area (Å²) in [4.78, 5) is 13.9. The van der Waals surface area contributed by atoms with Gasteiger partial charge in [0.05, 0.1) is 16.6 Å². The molecule has 3 rings (SSSR count). The van der Waals surface area contributed by atoms with Crippen LogP contribution in [0.4, 0.5) is 5.69 Å². The van der Waals surface area contributed by atoms with Crippen LogP contribution in [0, 0.1) is 10.1 Å². The lowest BCUT2D eigenvalue weighted by Crippen LogP contribution is -1.91. The highest BCUT2D eigenvalue weighted by atomic mass is 16.6. The van der Waals surface area contributed by atoms with Crippen LogP contribution in [0.5, 0.6) is 11.6 Å². The number of rotatable bonds is 3. The van der Waals surface area contributed by atoms with E-state index in [2.05, 4.69) is 15.2 Å². The Balaban J connectivity index is 1.85. The second kappa shape index (κ2) is 4.37. The number of ether oxygens (including phenoxy) is 1. The first-order valence-electron chi connectivity index (χ1n) is 5.44. The molecule has 7 nitrogen and oxygen atoms in total. The van der Waals surface area contributed by atoms with Crippen LogP contribution in [0.2, 0.25) is 0 Å². The van der Waals surface area contributed by atoms with E-state index < -0.39 is 4.92 Å². The Labute approximate surface area is 107 Å². The summed E-state index contributed by atoms with van der Waals surface area (Å²) in [5.41, 5.74) is 0.835. The number of pyridine rings is 1. The Bertz CT molecular complexity index is 736. The molecule has 2 heterocycles. The Morgan fingerprint density at radius 3 is 2.84 bits per heavy atom. The first kappa shape index (κ1) is 11.1. The lowest BCUT2D eigenvalue weighted by molar-refractivity contribution is -0.385. The average Bonchev–Trinajstić information content (AvgIpc) is 2.87. The molecule has 0 fully saturated rings. The summed E-state index contributed by atoms with van der Waals surface area (Å²) < 4.78 is 5.52. The third-order valence-corrected chi connectivity index (χ3v) is 2.57. The number of benzene rings is 1. The number of nitrogens with zero attached hydrogens (tertiary/aromatic N) is 3. The Kier molecular flexibility index (Phi) is 2.57. The topological polar surface area (TPSA) is 93.9 Å². The van der Waals surface area contributed by atoms with E-state index >= 15 is 0 Å². The Hall–Kier alpha value is -2.96. The highest BCUT2D eigenvalue weighted by molar-refractivity contribution is 5.79. The van der Waals surface area contributed by atoms with E-state index in [9.17, 15) is 10.1 Å². The van der Waals surface area contributed by atoms with Crippen LogP contribution in [0.1, 0.15) is 0 Å². The SMILES string of the molecule is O=[N+]([O-])c1ccc(Oc2ccc3[nH]ncc3c2)nc1. The second-order valence-electron chi connectivity index (χ2n) is 3.83. The minimum atomic E-state index is -0.506. The van der Waals surface area contributed by atoms with Gasteiger partial charge in [-0.25, -0.2) is 4.98 Å². The number of nitrogens with one attached hydrogen (secondary N) is 1. The van der Waals surface area contributed by atoms with Gasteiger partial charge in [0.25, 0.3) is 5.69 Å². The van der Waals surface area contributed by atoms with Gasteiger partial charge in [0.2, 0.25) is 5.88 Å². The molecule has 1 N–H and O–H groups in total. The molecule has 0 bridgehead atoms. The first-order valence-corrected chi connectivity index (χ1v) is 5.44. The van der Waals surface area contributed by atoms with Gasteiger partial charge in [0.15, 0.2) is 0 Å².